The summed E-state index contributed by atoms with van der Waals surface area (Å²) in [6.07, 6.45) is 0.974. The standard InChI is InChI=1S/C17H23N3O5S/c1-17(2,3)25-16(22)20-9-8-19(13-10-26(23,24)11-14(13)20)15(21)12-6-4-5-7-18-12/h4-7,13-14H,8-11H2,1-3H3. The molecule has 3 rings (SSSR count). The highest BCUT2D eigenvalue weighted by Gasteiger charge is 2.50. The highest BCUT2D eigenvalue weighted by molar-refractivity contribution is 7.91. The van der Waals surface area contributed by atoms with E-state index in [0.29, 0.717) is 0 Å². The lowest BCUT2D eigenvalue weighted by molar-refractivity contribution is -0.00705. The molecule has 142 valence electrons. The Morgan fingerprint density at radius 1 is 1.12 bits per heavy atom. The minimum absolute atomic E-state index is 0.157. The van der Waals surface area contributed by atoms with E-state index >= 15 is 0 Å². The highest BCUT2D eigenvalue weighted by Crippen LogP contribution is 2.29. The zero-order chi connectivity index (χ0) is 19.1. The van der Waals surface area contributed by atoms with E-state index in [0.717, 1.165) is 0 Å². The lowest BCUT2D eigenvalue weighted by Crippen LogP contribution is -2.62. The summed E-state index contributed by atoms with van der Waals surface area (Å²) in [5.74, 6) is -0.639. The van der Waals surface area contributed by atoms with E-state index in [2.05, 4.69) is 4.98 Å². The summed E-state index contributed by atoms with van der Waals surface area (Å²) >= 11 is 0. The Morgan fingerprint density at radius 3 is 2.31 bits per heavy atom. The molecular weight excluding hydrogens is 358 g/mol. The van der Waals surface area contributed by atoms with Gasteiger partial charge in [0.05, 0.1) is 23.6 Å². The number of sulfone groups is 1. The van der Waals surface area contributed by atoms with Crippen LogP contribution in [0.1, 0.15) is 31.3 Å². The molecular formula is C17H23N3O5S. The van der Waals surface area contributed by atoms with Crippen LogP contribution in [0.15, 0.2) is 24.4 Å². The molecule has 26 heavy (non-hydrogen) atoms. The number of amides is 2. The van der Waals surface area contributed by atoms with Gasteiger partial charge >= 0.3 is 6.09 Å². The van der Waals surface area contributed by atoms with E-state index in [1.807, 2.05) is 0 Å². The molecule has 3 heterocycles. The SMILES string of the molecule is CC(C)(C)OC(=O)N1CCN(C(=O)c2ccccn2)C2CS(=O)(=O)CC21. The van der Waals surface area contributed by atoms with Crippen molar-refractivity contribution < 1.29 is 22.7 Å². The fraction of sp³-hybridized carbons (Fsp3) is 0.588. The molecule has 0 N–H and O–H groups in total. The maximum Gasteiger partial charge on any atom is 0.410 e. The van der Waals surface area contributed by atoms with Crippen LogP contribution >= 0.6 is 0 Å². The molecule has 0 spiro atoms. The average molecular weight is 381 g/mol. The molecule has 2 atom stereocenters. The quantitative estimate of drug-likeness (QED) is 0.718. The number of rotatable bonds is 1. The van der Waals surface area contributed by atoms with Crippen molar-refractivity contribution in [3.8, 4) is 0 Å². The Bertz CT molecular complexity index is 803. The first-order valence-electron chi connectivity index (χ1n) is 8.49. The number of hydrogen-bond acceptors (Lipinski definition) is 6. The third-order valence-electron chi connectivity index (χ3n) is 4.45. The van der Waals surface area contributed by atoms with E-state index in [4.69, 9.17) is 4.74 Å². The molecule has 2 saturated heterocycles. The predicted molar refractivity (Wildman–Crippen MR) is 94.4 cm³/mol. The molecule has 2 amide bonds. The van der Waals surface area contributed by atoms with Gasteiger partial charge in [-0.3, -0.25) is 9.78 Å². The Labute approximate surface area is 153 Å². The molecule has 9 heteroatoms. The number of ether oxygens (including phenoxy) is 1. The van der Waals surface area contributed by atoms with Crippen molar-refractivity contribution in [2.24, 2.45) is 0 Å². The Hall–Kier alpha value is -2.16. The van der Waals surface area contributed by atoms with E-state index in [-0.39, 0.29) is 36.2 Å². The zero-order valence-electron chi connectivity index (χ0n) is 15.1. The van der Waals surface area contributed by atoms with Gasteiger partial charge in [0, 0.05) is 19.3 Å². The predicted octanol–water partition coefficient (Wildman–Crippen LogP) is 0.940. The minimum Gasteiger partial charge on any atom is -0.444 e. The van der Waals surface area contributed by atoms with Crippen molar-refractivity contribution in [3.63, 3.8) is 0 Å². The summed E-state index contributed by atoms with van der Waals surface area (Å²) in [5, 5.41) is 0. The number of aromatic nitrogens is 1. The van der Waals surface area contributed by atoms with Crippen molar-refractivity contribution >= 4 is 21.8 Å². The summed E-state index contributed by atoms with van der Waals surface area (Å²) in [6, 6.07) is 3.83. The van der Waals surface area contributed by atoms with Gasteiger partial charge in [0.1, 0.15) is 11.3 Å². The van der Waals surface area contributed by atoms with Gasteiger partial charge in [-0.25, -0.2) is 13.2 Å². The summed E-state index contributed by atoms with van der Waals surface area (Å²) in [6.45, 7) is 5.74. The van der Waals surface area contributed by atoms with Gasteiger partial charge in [0.2, 0.25) is 0 Å². The third-order valence-corrected chi connectivity index (χ3v) is 6.15. The minimum atomic E-state index is -3.35. The topological polar surface area (TPSA) is 96.9 Å². The number of carbonyl (C=O) groups excluding carboxylic acids is 2. The maximum absolute atomic E-state index is 12.8. The molecule has 8 nitrogen and oxygen atoms in total. The van der Waals surface area contributed by atoms with Crippen molar-refractivity contribution in [1.29, 1.82) is 0 Å². The van der Waals surface area contributed by atoms with Crippen LogP contribution in [0.3, 0.4) is 0 Å². The Morgan fingerprint density at radius 2 is 1.73 bits per heavy atom. The highest BCUT2D eigenvalue weighted by atomic mass is 32.2. The molecule has 0 bridgehead atoms. The fourth-order valence-corrected chi connectivity index (χ4v) is 5.37. The van der Waals surface area contributed by atoms with E-state index in [1.54, 1.807) is 39.0 Å². The zero-order valence-corrected chi connectivity index (χ0v) is 15.9. The van der Waals surface area contributed by atoms with Crippen LogP contribution in [0.5, 0.6) is 0 Å². The monoisotopic (exact) mass is 381 g/mol. The Balaban J connectivity index is 1.86. The number of nitrogens with zero attached hydrogens (tertiary/aromatic N) is 3. The fourth-order valence-electron chi connectivity index (χ4n) is 3.39. The van der Waals surface area contributed by atoms with Crippen LogP contribution in [-0.2, 0) is 14.6 Å². The molecule has 0 aliphatic carbocycles. The number of piperazine rings is 1. The number of hydrogen-bond donors (Lipinski definition) is 0. The van der Waals surface area contributed by atoms with Gasteiger partial charge in [0.15, 0.2) is 9.84 Å². The van der Waals surface area contributed by atoms with Crippen LogP contribution < -0.4 is 0 Å². The number of carbonyl (C=O) groups is 2. The van der Waals surface area contributed by atoms with Gasteiger partial charge in [-0.1, -0.05) is 6.07 Å². The smallest absolute Gasteiger partial charge is 0.410 e. The first-order chi connectivity index (χ1) is 12.1. The molecule has 2 unspecified atom stereocenters. The second-order valence-corrected chi connectivity index (χ2v) is 9.75. The van der Waals surface area contributed by atoms with Crippen molar-refractivity contribution in [1.82, 2.24) is 14.8 Å². The summed E-state index contributed by atoms with van der Waals surface area (Å²) in [7, 11) is -3.35. The van der Waals surface area contributed by atoms with Gasteiger partial charge in [-0.15, -0.1) is 0 Å². The Kier molecular flexibility index (Phi) is 4.68. The van der Waals surface area contributed by atoms with Crippen LogP contribution in [0.4, 0.5) is 4.79 Å². The summed E-state index contributed by atoms with van der Waals surface area (Å²) < 4.78 is 29.9. The molecule has 2 fully saturated rings. The number of pyridine rings is 1. The van der Waals surface area contributed by atoms with Crippen molar-refractivity contribution in [2.45, 2.75) is 38.5 Å². The molecule has 1 aromatic rings. The lowest BCUT2D eigenvalue weighted by Gasteiger charge is -2.43. The van der Waals surface area contributed by atoms with E-state index in [9.17, 15) is 18.0 Å². The van der Waals surface area contributed by atoms with Crippen LogP contribution in [0, 0.1) is 0 Å². The van der Waals surface area contributed by atoms with Crippen LogP contribution in [0.25, 0.3) is 0 Å². The molecule has 1 aromatic heterocycles. The third kappa shape index (κ3) is 3.82. The van der Waals surface area contributed by atoms with Crippen LogP contribution in [-0.4, -0.2) is 77.5 Å². The first-order valence-corrected chi connectivity index (χ1v) is 10.3. The van der Waals surface area contributed by atoms with Crippen LogP contribution in [0.2, 0.25) is 0 Å². The normalized spacial score (nSPS) is 24.9. The second kappa shape index (κ2) is 6.53. The second-order valence-electron chi connectivity index (χ2n) is 7.60. The van der Waals surface area contributed by atoms with Crippen molar-refractivity contribution in [2.75, 3.05) is 24.6 Å². The van der Waals surface area contributed by atoms with Gasteiger partial charge in [0.25, 0.3) is 5.91 Å². The van der Waals surface area contributed by atoms with E-state index in [1.165, 1.54) is 16.0 Å². The lowest BCUT2D eigenvalue weighted by atomic mass is 10.0. The summed E-state index contributed by atoms with van der Waals surface area (Å²) in [4.78, 5) is 32.3. The average Bonchev–Trinajstić information content (AvgIpc) is 2.87. The maximum atomic E-state index is 12.8. The molecule has 0 radical (unpaired) electrons. The van der Waals surface area contributed by atoms with Gasteiger partial charge < -0.3 is 14.5 Å². The largest absolute Gasteiger partial charge is 0.444 e. The molecule has 2 aliphatic heterocycles. The molecule has 2 aliphatic rings. The summed E-state index contributed by atoms with van der Waals surface area (Å²) in [5.41, 5.74) is -0.411. The molecule has 0 saturated carbocycles. The first kappa shape index (κ1) is 18.6. The number of fused-ring (bicyclic) bond motifs is 1. The van der Waals surface area contributed by atoms with Gasteiger partial charge in [-0.05, 0) is 32.9 Å². The van der Waals surface area contributed by atoms with Gasteiger partial charge in [-0.2, -0.15) is 0 Å². The molecule has 0 aromatic carbocycles. The van der Waals surface area contributed by atoms with Crippen molar-refractivity contribution in [3.05, 3.63) is 30.1 Å². The van der Waals surface area contributed by atoms with E-state index < -0.39 is 33.6 Å².